The summed E-state index contributed by atoms with van der Waals surface area (Å²) in [6.07, 6.45) is 9.48. The fraction of sp³-hybridized carbons (Fsp3) is 1.00. The molecular formula is C16H29NO2S. The third kappa shape index (κ3) is 3.03. The van der Waals surface area contributed by atoms with Crippen molar-refractivity contribution in [1.82, 2.24) is 0 Å². The molecule has 2 N–H and O–H groups in total. The van der Waals surface area contributed by atoms with Crippen molar-refractivity contribution in [3.8, 4) is 0 Å². The van der Waals surface area contributed by atoms with Gasteiger partial charge in [0.15, 0.2) is 0 Å². The quantitative estimate of drug-likeness (QED) is 0.867. The summed E-state index contributed by atoms with van der Waals surface area (Å²) in [6, 6.07) is 0.283. The van der Waals surface area contributed by atoms with Gasteiger partial charge in [-0.1, -0.05) is 0 Å². The second-order valence-corrected chi connectivity index (χ2v) is 8.23. The van der Waals surface area contributed by atoms with E-state index in [2.05, 4.69) is 11.8 Å². The van der Waals surface area contributed by atoms with Crippen LogP contribution in [0.2, 0.25) is 0 Å². The first kappa shape index (κ1) is 15.1. The fourth-order valence-electron chi connectivity index (χ4n) is 4.18. The Morgan fingerprint density at radius 3 is 2.65 bits per heavy atom. The van der Waals surface area contributed by atoms with Gasteiger partial charge in [-0.05, 0) is 68.8 Å². The minimum Gasteiger partial charge on any atom is -0.378 e. The minimum atomic E-state index is 0.104. The molecule has 1 spiro atoms. The lowest BCUT2D eigenvalue weighted by atomic mass is 9.71. The van der Waals surface area contributed by atoms with Crippen LogP contribution in [-0.4, -0.2) is 42.5 Å². The summed E-state index contributed by atoms with van der Waals surface area (Å²) in [6.45, 7) is 0.906. The number of hydrogen-bond acceptors (Lipinski definition) is 4. The van der Waals surface area contributed by atoms with Crippen molar-refractivity contribution in [2.24, 2.45) is 11.7 Å². The van der Waals surface area contributed by atoms with E-state index in [1.807, 2.05) is 7.11 Å². The summed E-state index contributed by atoms with van der Waals surface area (Å²) in [5, 5.41) is 0. The van der Waals surface area contributed by atoms with Crippen molar-refractivity contribution in [1.29, 1.82) is 0 Å². The number of hydrogen-bond donors (Lipinski definition) is 1. The summed E-state index contributed by atoms with van der Waals surface area (Å²) in [5.74, 6) is 3.13. The lowest BCUT2D eigenvalue weighted by Gasteiger charge is -2.47. The molecule has 3 nitrogen and oxygen atoms in total. The first-order valence-electron chi connectivity index (χ1n) is 8.20. The van der Waals surface area contributed by atoms with Crippen LogP contribution in [0.25, 0.3) is 0 Å². The van der Waals surface area contributed by atoms with E-state index in [0.29, 0.717) is 5.92 Å². The third-order valence-electron chi connectivity index (χ3n) is 5.85. The Hall–Kier alpha value is 0.230. The molecule has 2 saturated heterocycles. The zero-order valence-electron chi connectivity index (χ0n) is 12.7. The molecule has 1 aliphatic carbocycles. The number of thioether (sulfide) groups is 1. The fourth-order valence-corrected chi connectivity index (χ4v) is 5.42. The molecule has 3 fully saturated rings. The molecule has 0 aromatic rings. The van der Waals surface area contributed by atoms with Gasteiger partial charge in [0.2, 0.25) is 0 Å². The smallest absolute Gasteiger partial charge is 0.0701 e. The SMILES string of the molecule is COC1(CC(N)C2CCOC3(CCSCC3)C2)CCC1. The molecule has 2 aliphatic heterocycles. The van der Waals surface area contributed by atoms with Gasteiger partial charge in [-0.15, -0.1) is 0 Å². The summed E-state index contributed by atoms with van der Waals surface area (Å²) < 4.78 is 11.9. The van der Waals surface area contributed by atoms with E-state index in [-0.39, 0.29) is 17.2 Å². The van der Waals surface area contributed by atoms with Crippen LogP contribution in [0.5, 0.6) is 0 Å². The predicted octanol–water partition coefficient (Wildman–Crippen LogP) is 2.97. The highest BCUT2D eigenvalue weighted by Crippen LogP contribution is 2.44. The van der Waals surface area contributed by atoms with E-state index < -0.39 is 0 Å². The second kappa shape index (κ2) is 6.15. The largest absolute Gasteiger partial charge is 0.378 e. The zero-order chi connectivity index (χ0) is 14.1. The molecule has 0 radical (unpaired) electrons. The molecule has 3 aliphatic rings. The van der Waals surface area contributed by atoms with Gasteiger partial charge in [0.05, 0.1) is 11.2 Å². The molecule has 2 atom stereocenters. The van der Waals surface area contributed by atoms with E-state index >= 15 is 0 Å². The molecule has 3 rings (SSSR count). The highest BCUT2D eigenvalue weighted by Gasteiger charge is 2.44. The third-order valence-corrected chi connectivity index (χ3v) is 6.83. The van der Waals surface area contributed by atoms with Crippen LogP contribution in [0, 0.1) is 5.92 Å². The minimum absolute atomic E-state index is 0.104. The van der Waals surface area contributed by atoms with Crippen molar-refractivity contribution in [2.45, 2.75) is 68.6 Å². The van der Waals surface area contributed by atoms with Crippen molar-refractivity contribution in [2.75, 3.05) is 25.2 Å². The number of ether oxygens (including phenoxy) is 2. The zero-order valence-corrected chi connectivity index (χ0v) is 13.6. The van der Waals surface area contributed by atoms with Crippen molar-refractivity contribution in [3.05, 3.63) is 0 Å². The molecule has 4 heteroatoms. The van der Waals surface area contributed by atoms with E-state index in [0.717, 1.165) is 19.4 Å². The first-order chi connectivity index (χ1) is 9.67. The molecule has 2 unspecified atom stereocenters. The molecule has 20 heavy (non-hydrogen) atoms. The van der Waals surface area contributed by atoms with Gasteiger partial charge in [-0.2, -0.15) is 11.8 Å². The number of rotatable bonds is 4. The predicted molar refractivity (Wildman–Crippen MR) is 84.1 cm³/mol. The maximum absolute atomic E-state index is 6.57. The topological polar surface area (TPSA) is 44.5 Å². The number of methoxy groups -OCH3 is 1. The Bertz CT molecular complexity index is 315. The van der Waals surface area contributed by atoms with Crippen LogP contribution >= 0.6 is 11.8 Å². The average Bonchev–Trinajstić information content (AvgIpc) is 2.43. The lowest BCUT2D eigenvalue weighted by molar-refractivity contribution is -0.118. The van der Waals surface area contributed by atoms with Crippen LogP contribution in [0.3, 0.4) is 0 Å². The highest BCUT2D eigenvalue weighted by atomic mass is 32.2. The van der Waals surface area contributed by atoms with E-state index in [1.54, 1.807) is 0 Å². The Morgan fingerprint density at radius 1 is 1.30 bits per heavy atom. The highest BCUT2D eigenvalue weighted by molar-refractivity contribution is 7.99. The maximum atomic E-state index is 6.57. The Kier molecular flexibility index (Phi) is 4.66. The molecule has 0 aromatic heterocycles. The Labute approximate surface area is 127 Å². The van der Waals surface area contributed by atoms with Crippen LogP contribution in [0.4, 0.5) is 0 Å². The molecule has 116 valence electrons. The normalized spacial score (nSPS) is 33.6. The molecular weight excluding hydrogens is 270 g/mol. The standard InChI is InChI=1S/C16H29NO2S/c1-18-15(4-2-5-15)12-14(17)13-3-8-19-16(11-13)6-9-20-10-7-16/h13-14H,2-12,17H2,1H3. The molecule has 0 bridgehead atoms. The van der Waals surface area contributed by atoms with Gasteiger partial charge in [-0.3, -0.25) is 0 Å². The average molecular weight is 299 g/mol. The van der Waals surface area contributed by atoms with Gasteiger partial charge >= 0.3 is 0 Å². The monoisotopic (exact) mass is 299 g/mol. The van der Waals surface area contributed by atoms with E-state index in [4.69, 9.17) is 15.2 Å². The van der Waals surface area contributed by atoms with Crippen molar-refractivity contribution in [3.63, 3.8) is 0 Å². The lowest BCUT2D eigenvalue weighted by Crippen LogP contribution is -2.51. The van der Waals surface area contributed by atoms with Crippen LogP contribution in [0.1, 0.15) is 51.4 Å². The summed E-state index contributed by atoms with van der Waals surface area (Å²) in [5.41, 5.74) is 6.83. The second-order valence-electron chi connectivity index (χ2n) is 7.01. The van der Waals surface area contributed by atoms with Crippen molar-refractivity contribution < 1.29 is 9.47 Å². The summed E-state index contributed by atoms with van der Waals surface area (Å²) in [7, 11) is 1.86. The van der Waals surface area contributed by atoms with Crippen LogP contribution in [-0.2, 0) is 9.47 Å². The summed E-state index contributed by atoms with van der Waals surface area (Å²) in [4.78, 5) is 0. The van der Waals surface area contributed by atoms with Crippen molar-refractivity contribution >= 4 is 11.8 Å². The molecule has 2 heterocycles. The van der Waals surface area contributed by atoms with Gasteiger partial charge in [0.25, 0.3) is 0 Å². The first-order valence-corrected chi connectivity index (χ1v) is 9.35. The van der Waals surface area contributed by atoms with E-state index in [1.165, 1.54) is 50.0 Å². The van der Waals surface area contributed by atoms with Gasteiger partial charge < -0.3 is 15.2 Å². The molecule has 0 aromatic carbocycles. The Balaban J connectivity index is 1.58. The molecule has 1 saturated carbocycles. The van der Waals surface area contributed by atoms with Crippen LogP contribution < -0.4 is 5.73 Å². The van der Waals surface area contributed by atoms with Gasteiger partial charge in [-0.25, -0.2) is 0 Å². The van der Waals surface area contributed by atoms with Gasteiger partial charge in [0, 0.05) is 19.8 Å². The Morgan fingerprint density at radius 2 is 2.05 bits per heavy atom. The maximum Gasteiger partial charge on any atom is 0.0701 e. The molecule has 0 amide bonds. The van der Waals surface area contributed by atoms with Crippen LogP contribution in [0.15, 0.2) is 0 Å². The number of nitrogens with two attached hydrogens (primary N) is 1. The summed E-state index contributed by atoms with van der Waals surface area (Å²) >= 11 is 2.07. The van der Waals surface area contributed by atoms with E-state index in [9.17, 15) is 0 Å². The van der Waals surface area contributed by atoms with Gasteiger partial charge in [0.1, 0.15) is 0 Å².